The highest BCUT2D eigenvalue weighted by atomic mass is 32.1. The van der Waals surface area contributed by atoms with E-state index in [2.05, 4.69) is 4.98 Å². The van der Waals surface area contributed by atoms with Crippen LogP contribution in [-0.2, 0) is 16.1 Å². The molecule has 1 aliphatic heterocycles. The number of thiazole rings is 1. The first-order valence-corrected chi connectivity index (χ1v) is 7.59. The number of amides is 1. The number of hydrogen-bond donors (Lipinski definition) is 0. The van der Waals surface area contributed by atoms with E-state index in [1.807, 2.05) is 35.7 Å². The van der Waals surface area contributed by atoms with Crippen LogP contribution in [0.25, 0.3) is 0 Å². The van der Waals surface area contributed by atoms with E-state index >= 15 is 0 Å². The third kappa shape index (κ3) is 2.89. The summed E-state index contributed by atoms with van der Waals surface area (Å²) < 4.78 is 5.53. The van der Waals surface area contributed by atoms with Gasteiger partial charge in [-0.05, 0) is 25.0 Å². The first-order valence-electron chi connectivity index (χ1n) is 6.71. The molecule has 0 N–H and O–H groups in total. The Bertz CT molecular complexity index is 551. The Morgan fingerprint density at radius 3 is 2.90 bits per heavy atom. The van der Waals surface area contributed by atoms with E-state index in [0.29, 0.717) is 13.2 Å². The van der Waals surface area contributed by atoms with Crippen molar-refractivity contribution in [1.29, 1.82) is 0 Å². The molecular weight excluding hydrogens is 272 g/mol. The summed E-state index contributed by atoms with van der Waals surface area (Å²) in [5.41, 5.74) is 0.892. The maximum absolute atomic E-state index is 12.6. The van der Waals surface area contributed by atoms with E-state index in [0.717, 1.165) is 23.5 Å². The highest BCUT2D eigenvalue weighted by molar-refractivity contribution is 7.09. The number of aromatic nitrogens is 1. The van der Waals surface area contributed by atoms with Gasteiger partial charge < -0.3 is 9.64 Å². The summed E-state index contributed by atoms with van der Waals surface area (Å²) in [6, 6.07) is 9.71. The molecule has 1 fully saturated rings. The Morgan fingerprint density at radius 1 is 1.40 bits per heavy atom. The van der Waals surface area contributed by atoms with Gasteiger partial charge in [-0.1, -0.05) is 18.2 Å². The highest BCUT2D eigenvalue weighted by Gasteiger charge is 2.29. The number of ether oxygens (including phenoxy) is 1. The van der Waals surface area contributed by atoms with E-state index in [1.165, 1.54) is 0 Å². The lowest BCUT2D eigenvalue weighted by molar-refractivity contribution is -0.127. The van der Waals surface area contributed by atoms with Crippen molar-refractivity contribution in [3.8, 4) is 0 Å². The fraction of sp³-hybridized carbons (Fsp3) is 0.333. The number of benzene rings is 1. The van der Waals surface area contributed by atoms with Crippen LogP contribution in [-0.4, -0.2) is 23.6 Å². The van der Waals surface area contributed by atoms with Crippen molar-refractivity contribution in [3.63, 3.8) is 0 Å². The van der Waals surface area contributed by atoms with Crippen LogP contribution in [0.15, 0.2) is 41.9 Å². The Morgan fingerprint density at radius 2 is 2.25 bits per heavy atom. The second kappa shape index (κ2) is 6.15. The average molecular weight is 288 g/mol. The van der Waals surface area contributed by atoms with Gasteiger partial charge in [0.05, 0.1) is 6.54 Å². The van der Waals surface area contributed by atoms with Crippen LogP contribution >= 0.6 is 11.3 Å². The molecular formula is C15H16N2O2S. The quantitative estimate of drug-likeness (QED) is 0.869. The lowest BCUT2D eigenvalue weighted by atomic mass is 10.2. The molecule has 0 bridgehead atoms. The lowest BCUT2D eigenvalue weighted by Gasteiger charge is -2.24. The van der Waals surface area contributed by atoms with Crippen molar-refractivity contribution >= 4 is 22.9 Å². The van der Waals surface area contributed by atoms with Crippen LogP contribution in [0, 0.1) is 0 Å². The lowest BCUT2D eigenvalue weighted by Crippen LogP contribution is -2.38. The van der Waals surface area contributed by atoms with Gasteiger partial charge in [0.25, 0.3) is 5.91 Å². The van der Waals surface area contributed by atoms with Gasteiger partial charge in [-0.25, -0.2) is 4.98 Å². The minimum absolute atomic E-state index is 0.0314. The third-order valence-corrected chi connectivity index (χ3v) is 4.08. The van der Waals surface area contributed by atoms with Crippen molar-refractivity contribution in [1.82, 2.24) is 4.98 Å². The molecule has 1 aromatic carbocycles. The average Bonchev–Trinajstić information content (AvgIpc) is 3.18. The molecule has 0 aliphatic carbocycles. The molecule has 0 saturated carbocycles. The van der Waals surface area contributed by atoms with E-state index in [1.54, 1.807) is 22.4 Å². The Balaban J connectivity index is 1.84. The van der Waals surface area contributed by atoms with Crippen molar-refractivity contribution in [2.24, 2.45) is 0 Å². The molecule has 3 rings (SSSR count). The second-order valence-electron chi connectivity index (χ2n) is 4.69. The number of hydrogen-bond acceptors (Lipinski definition) is 4. The second-order valence-corrected chi connectivity index (χ2v) is 5.67. The largest absolute Gasteiger partial charge is 0.368 e. The summed E-state index contributed by atoms with van der Waals surface area (Å²) >= 11 is 1.56. The van der Waals surface area contributed by atoms with Gasteiger partial charge in [0.2, 0.25) is 0 Å². The first kappa shape index (κ1) is 13.3. The molecule has 1 amide bonds. The van der Waals surface area contributed by atoms with Gasteiger partial charge in [0, 0.05) is 23.9 Å². The van der Waals surface area contributed by atoms with Crippen molar-refractivity contribution in [3.05, 3.63) is 46.9 Å². The number of para-hydroxylation sites is 1. The van der Waals surface area contributed by atoms with Crippen molar-refractivity contribution in [2.45, 2.75) is 25.5 Å². The van der Waals surface area contributed by atoms with Crippen LogP contribution < -0.4 is 4.90 Å². The number of anilines is 1. The van der Waals surface area contributed by atoms with E-state index in [-0.39, 0.29) is 12.0 Å². The minimum Gasteiger partial charge on any atom is -0.368 e. The van der Waals surface area contributed by atoms with Gasteiger partial charge in [0.15, 0.2) is 0 Å². The minimum atomic E-state index is -0.310. The molecule has 104 valence electrons. The summed E-state index contributed by atoms with van der Waals surface area (Å²) in [4.78, 5) is 18.7. The molecule has 1 aliphatic rings. The molecule has 0 unspecified atom stereocenters. The zero-order valence-corrected chi connectivity index (χ0v) is 11.9. The molecule has 0 radical (unpaired) electrons. The smallest absolute Gasteiger partial charge is 0.256 e. The number of rotatable bonds is 4. The topological polar surface area (TPSA) is 42.4 Å². The number of carbonyl (C=O) groups is 1. The van der Waals surface area contributed by atoms with Crippen LogP contribution in [0.4, 0.5) is 5.69 Å². The molecule has 20 heavy (non-hydrogen) atoms. The molecule has 1 saturated heterocycles. The zero-order chi connectivity index (χ0) is 13.8. The summed E-state index contributed by atoms with van der Waals surface area (Å²) in [5.74, 6) is 0.0314. The zero-order valence-electron chi connectivity index (χ0n) is 11.1. The van der Waals surface area contributed by atoms with Gasteiger partial charge in [-0.15, -0.1) is 11.3 Å². The van der Waals surface area contributed by atoms with Gasteiger partial charge in [0.1, 0.15) is 11.1 Å². The van der Waals surface area contributed by atoms with Crippen molar-refractivity contribution < 1.29 is 9.53 Å². The van der Waals surface area contributed by atoms with Gasteiger partial charge in [-0.2, -0.15) is 0 Å². The maximum Gasteiger partial charge on any atom is 0.256 e. The van der Waals surface area contributed by atoms with E-state index < -0.39 is 0 Å². The molecule has 1 atom stereocenters. The molecule has 4 nitrogen and oxygen atoms in total. The maximum atomic E-state index is 12.6. The summed E-state index contributed by atoms with van der Waals surface area (Å²) in [5, 5.41) is 2.86. The molecule has 2 heterocycles. The van der Waals surface area contributed by atoms with E-state index in [9.17, 15) is 4.79 Å². The van der Waals surface area contributed by atoms with Crippen molar-refractivity contribution in [2.75, 3.05) is 11.5 Å². The Labute approximate surface area is 122 Å². The molecule has 0 spiro atoms. The van der Waals surface area contributed by atoms with Gasteiger partial charge in [-0.3, -0.25) is 4.79 Å². The molecule has 2 aromatic rings. The van der Waals surface area contributed by atoms with Crippen LogP contribution in [0.2, 0.25) is 0 Å². The Kier molecular flexibility index (Phi) is 4.08. The third-order valence-electron chi connectivity index (χ3n) is 3.32. The summed E-state index contributed by atoms with van der Waals surface area (Å²) in [7, 11) is 0. The Hall–Kier alpha value is -1.72. The van der Waals surface area contributed by atoms with Crippen LogP contribution in [0.3, 0.4) is 0 Å². The van der Waals surface area contributed by atoms with Crippen LogP contribution in [0.1, 0.15) is 17.8 Å². The normalized spacial score (nSPS) is 18.1. The predicted octanol–water partition coefficient (Wildman–Crippen LogP) is 2.86. The monoisotopic (exact) mass is 288 g/mol. The number of nitrogens with zero attached hydrogens (tertiary/aromatic N) is 2. The van der Waals surface area contributed by atoms with Gasteiger partial charge >= 0.3 is 0 Å². The fourth-order valence-electron chi connectivity index (χ4n) is 2.32. The summed E-state index contributed by atoms with van der Waals surface area (Å²) in [6.07, 6.45) is 3.21. The molecule has 1 aromatic heterocycles. The standard InChI is InChI=1S/C15H16N2O2S/c18-15(13-7-4-9-19-13)17(11-14-16-8-10-20-14)12-5-2-1-3-6-12/h1-3,5-6,8,10,13H,4,7,9,11H2/t13-/m1/s1. The fourth-order valence-corrected chi connectivity index (χ4v) is 2.92. The predicted molar refractivity (Wildman–Crippen MR) is 78.7 cm³/mol. The first-order chi connectivity index (χ1) is 9.84. The highest BCUT2D eigenvalue weighted by Crippen LogP contribution is 2.23. The molecule has 5 heteroatoms. The van der Waals surface area contributed by atoms with E-state index in [4.69, 9.17) is 4.74 Å². The summed E-state index contributed by atoms with van der Waals surface area (Å²) in [6.45, 7) is 1.18. The number of carbonyl (C=O) groups excluding carboxylic acids is 1. The van der Waals surface area contributed by atoms with Crippen LogP contribution in [0.5, 0.6) is 0 Å². The SMILES string of the molecule is O=C([C@H]1CCCO1)N(Cc1nccs1)c1ccccc1.